The molecule has 2 nitrogen and oxygen atoms in total. The van der Waals surface area contributed by atoms with Gasteiger partial charge in [0.1, 0.15) is 5.75 Å². The summed E-state index contributed by atoms with van der Waals surface area (Å²) in [5.41, 5.74) is 8.00. The Labute approximate surface area is 104 Å². The van der Waals surface area contributed by atoms with E-state index in [1.54, 1.807) is 0 Å². The summed E-state index contributed by atoms with van der Waals surface area (Å²) in [7, 11) is 0. The molecule has 0 aliphatic heterocycles. The van der Waals surface area contributed by atoms with Crippen LogP contribution in [0.1, 0.15) is 43.7 Å². The van der Waals surface area contributed by atoms with Crippen molar-refractivity contribution in [3.8, 4) is 5.75 Å². The lowest BCUT2D eigenvalue weighted by molar-refractivity contribution is 0.134. The van der Waals surface area contributed by atoms with E-state index in [1.807, 2.05) is 0 Å². The van der Waals surface area contributed by atoms with E-state index >= 15 is 0 Å². The van der Waals surface area contributed by atoms with Gasteiger partial charge in [-0.2, -0.15) is 0 Å². The third-order valence-corrected chi connectivity index (χ3v) is 3.73. The van der Waals surface area contributed by atoms with Gasteiger partial charge in [0.2, 0.25) is 0 Å². The molecule has 0 radical (unpaired) electrons. The van der Waals surface area contributed by atoms with E-state index in [0.29, 0.717) is 12.6 Å². The predicted octanol–water partition coefficient (Wildman–Crippen LogP) is 3.41. The highest BCUT2D eigenvalue weighted by Crippen LogP contribution is 2.28. The van der Waals surface area contributed by atoms with Gasteiger partial charge in [-0.05, 0) is 55.7 Å². The molecule has 0 saturated heterocycles. The standard InChI is InChI=1S/C15H23NO/c1-11-3-6-14(7-4-11)17-15-8-5-13(10-16)9-12(15)2/h5,8-9,11,14H,3-4,6-7,10,16H2,1-2H3. The van der Waals surface area contributed by atoms with Gasteiger partial charge in [-0.3, -0.25) is 0 Å². The highest BCUT2D eigenvalue weighted by Gasteiger charge is 2.19. The average Bonchev–Trinajstić information content (AvgIpc) is 2.34. The highest BCUT2D eigenvalue weighted by atomic mass is 16.5. The minimum absolute atomic E-state index is 0.411. The van der Waals surface area contributed by atoms with Gasteiger partial charge in [0.15, 0.2) is 0 Å². The van der Waals surface area contributed by atoms with E-state index in [9.17, 15) is 0 Å². The van der Waals surface area contributed by atoms with Crippen LogP contribution in [0.4, 0.5) is 0 Å². The molecule has 0 aromatic heterocycles. The van der Waals surface area contributed by atoms with E-state index in [0.717, 1.165) is 11.7 Å². The number of nitrogens with two attached hydrogens (primary N) is 1. The molecule has 17 heavy (non-hydrogen) atoms. The Morgan fingerprint density at radius 2 is 1.94 bits per heavy atom. The van der Waals surface area contributed by atoms with Crippen LogP contribution in [0.25, 0.3) is 0 Å². The summed E-state index contributed by atoms with van der Waals surface area (Å²) in [5.74, 6) is 1.90. The molecule has 1 aromatic rings. The molecule has 0 amide bonds. The van der Waals surface area contributed by atoms with Crippen LogP contribution in [0.5, 0.6) is 5.75 Å². The Kier molecular flexibility index (Phi) is 4.06. The second kappa shape index (κ2) is 5.54. The van der Waals surface area contributed by atoms with Crippen molar-refractivity contribution < 1.29 is 4.74 Å². The summed E-state index contributed by atoms with van der Waals surface area (Å²) < 4.78 is 6.09. The van der Waals surface area contributed by atoms with Crippen molar-refractivity contribution in [2.45, 2.75) is 52.2 Å². The maximum atomic E-state index is 6.09. The molecule has 1 saturated carbocycles. The zero-order valence-electron chi connectivity index (χ0n) is 10.9. The number of hydrogen-bond acceptors (Lipinski definition) is 2. The lowest BCUT2D eigenvalue weighted by atomic mass is 9.89. The lowest BCUT2D eigenvalue weighted by Crippen LogP contribution is -2.23. The third-order valence-electron chi connectivity index (χ3n) is 3.73. The number of ether oxygens (including phenoxy) is 1. The average molecular weight is 233 g/mol. The molecule has 1 fully saturated rings. The summed E-state index contributed by atoms with van der Waals surface area (Å²) in [6, 6.07) is 6.25. The lowest BCUT2D eigenvalue weighted by Gasteiger charge is -2.27. The van der Waals surface area contributed by atoms with Crippen LogP contribution in [-0.4, -0.2) is 6.10 Å². The van der Waals surface area contributed by atoms with Crippen LogP contribution >= 0.6 is 0 Å². The molecule has 0 unspecified atom stereocenters. The molecular formula is C15H23NO. The zero-order chi connectivity index (χ0) is 12.3. The summed E-state index contributed by atoms with van der Waals surface area (Å²) in [6.45, 7) is 5.03. The van der Waals surface area contributed by atoms with Crippen LogP contribution in [0.15, 0.2) is 18.2 Å². The molecule has 1 aliphatic rings. The first-order valence-electron chi connectivity index (χ1n) is 6.65. The monoisotopic (exact) mass is 233 g/mol. The summed E-state index contributed by atoms with van der Waals surface area (Å²) in [5, 5.41) is 0. The Bertz CT molecular complexity index is 367. The van der Waals surface area contributed by atoms with Gasteiger partial charge in [0, 0.05) is 6.54 Å². The van der Waals surface area contributed by atoms with Crippen molar-refractivity contribution in [2.24, 2.45) is 11.7 Å². The van der Waals surface area contributed by atoms with E-state index < -0.39 is 0 Å². The molecule has 2 rings (SSSR count). The van der Waals surface area contributed by atoms with Crippen LogP contribution in [0.3, 0.4) is 0 Å². The van der Waals surface area contributed by atoms with Crippen molar-refractivity contribution in [1.29, 1.82) is 0 Å². The maximum absolute atomic E-state index is 6.09. The highest BCUT2D eigenvalue weighted by molar-refractivity contribution is 5.36. The molecule has 0 atom stereocenters. The molecule has 0 bridgehead atoms. The number of hydrogen-bond donors (Lipinski definition) is 1. The number of rotatable bonds is 3. The first-order valence-corrected chi connectivity index (χ1v) is 6.65. The fourth-order valence-corrected chi connectivity index (χ4v) is 2.50. The molecule has 1 aliphatic carbocycles. The van der Waals surface area contributed by atoms with Crippen LogP contribution in [0.2, 0.25) is 0 Å². The van der Waals surface area contributed by atoms with E-state index in [4.69, 9.17) is 10.5 Å². The third kappa shape index (κ3) is 3.22. The predicted molar refractivity (Wildman–Crippen MR) is 71.1 cm³/mol. The van der Waals surface area contributed by atoms with Crippen LogP contribution in [-0.2, 0) is 6.54 Å². The maximum Gasteiger partial charge on any atom is 0.122 e. The molecular weight excluding hydrogens is 210 g/mol. The quantitative estimate of drug-likeness (QED) is 0.868. The van der Waals surface area contributed by atoms with Crippen molar-refractivity contribution in [3.05, 3.63) is 29.3 Å². The van der Waals surface area contributed by atoms with E-state index in [1.165, 1.54) is 36.8 Å². The SMILES string of the molecule is Cc1cc(CN)ccc1OC1CCC(C)CC1. The van der Waals surface area contributed by atoms with Gasteiger partial charge in [-0.1, -0.05) is 19.1 Å². The first-order chi connectivity index (χ1) is 8.19. The van der Waals surface area contributed by atoms with Gasteiger partial charge >= 0.3 is 0 Å². The van der Waals surface area contributed by atoms with Gasteiger partial charge < -0.3 is 10.5 Å². The second-order valence-electron chi connectivity index (χ2n) is 5.30. The van der Waals surface area contributed by atoms with E-state index in [2.05, 4.69) is 32.0 Å². The van der Waals surface area contributed by atoms with Crippen LogP contribution < -0.4 is 10.5 Å². The largest absolute Gasteiger partial charge is 0.490 e. The van der Waals surface area contributed by atoms with Gasteiger partial charge in [0.25, 0.3) is 0 Å². The van der Waals surface area contributed by atoms with Gasteiger partial charge in [-0.15, -0.1) is 0 Å². The number of aryl methyl sites for hydroxylation is 1. The zero-order valence-corrected chi connectivity index (χ0v) is 10.9. The fraction of sp³-hybridized carbons (Fsp3) is 0.600. The van der Waals surface area contributed by atoms with Crippen molar-refractivity contribution >= 4 is 0 Å². The molecule has 0 spiro atoms. The molecule has 94 valence electrons. The fourth-order valence-electron chi connectivity index (χ4n) is 2.50. The summed E-state index contributed by atoms with van der Waals surface area (Å²) in [6.07, 6.45) is 5.39. The van der Waals surface area contributed by atoms with Crippen molar-refractivity contribution in [3.63, 3.8) is 0 Å². The minimum Gasteiger partial charge on any atom is -0.490 e. The van der Waals surface area contributed by atoms with Gasteiger partial charge in [0.05, 0.1) is 6.10 Å². The molecule has 1 aromatic carbocycles. The van der Waals surface area contributed by atoms with E-state index in [-0.39, 0.29) is 0 Å². The first kappa shape index (κ1) is 12.4. The van der Waals surface area contributed by atoms with Crippen molar-refractivity contribution in [2.75, 3.05) is 0 Å². The molecule has 0 heterocycles. The minimum atomic E-state index is 0.411. The normalized spacial score (nSPS) is 24.6. The summed E-state index contributed by atoms with van der Waals surface area (Å²) >= 11 is 0. The van der Waals surface area contributed by atoms with Crippen molar-refractivity contribution in [1.82, 2.24) is 0 Å². The number of benzene rings is 1. The van der Waals surface area contributed by atoms with Crippen LogP contribution in [0, 0.1) is 12.8 Å². The molecule has 2 N–H and O–H groups in total. The Morgan fingerprint density at radius 3 is 2.53 bits per heavy atom. The Balaban J connectivity index is 1.99. The Hall–Kier alpha value is -1.02. The molecule has 2 heteroatoms. The topological polar surface area (TPSA) is 35.2 Å². The second-order valence-corrected chi connectivity index (χ2v) is 5.30. The Morgan fingerprint density at radius 1 is 1.24 bits per heavy atom. The summed E-state index contributed by atoms with van der Waals surface area (Å²) in [4.78, 5) is 0. The smallest absolute Gasteiger partial charge is 0.122 e. The van der Waals surface area contributed by atoms with Gasteiger partial charge in [-0.25, -0.2) is 0 Å².